The Morgan fingerprint density at radius 2 is 1.61 bits per heavy atom. The van der Waals surface area contributed by atoms with Crippen molar-refractivity contribution in [3.8, 4) is 0 Å². The fourth-order valence-electron chi connectivity index (χ4n) is 3.18. The van der Waals surface area contributed by atoms with Crippen LogP contribution in [0.3, 0.4) is 0 Å². The number of aromatic nitrogens is 1. The fourth-order valence-corrected chi connectivity index (χ4v) is 3.48. The minimum atomic E-state index is -0.434. The van der Waals surface area contributed by atoms with Crippen LogP contribution in [0.1, 0.15) is 43.0 Å². The number of nitrogens with zero attached hydrogens (tertiary/aromatic N) is 1. The van der Waals surface area contributed by atoms with E-state index in [1.807, 2.05) is 50.5 Å². The molecule has 0 saturated heterocycles. The van der Waals surface area contributed by atoms with Gasteiger partial charge in [0.15, 0.2) is 17.4 Å². The highest BCUT2D eigenvalue weighted by molar-refractivity contribution is 7.81. The van der Waals surface area contributed by atoms with E-state index < -0.39 is 5.82 Å². The Labute approximate surface area is 188 Å². The predicted octanol–water partition coefficient (Wildman–Crippen LogP) is 5.15. The van der Waals surface area contributed by atoms with Gasteiger partial charge in [0.05, 0.1) is 5.69 Å². The summed E-state index contributed by atoms with van der Waals surface area (Å²) in [6.07, 6.45) is 3.65. The Balaban J connectivity index is 2.12. The van der Waals surface area contributed by atoms with E-state index in [9.17, 15) is 9.50 Å². The number of halogens is 1. The summed E-state index contributed by atoms with van der Waals surface area (Å²) in [7, 11) is 0. The molecule has 0 radical (unpaired) electrons. The summed E-state index contributed by atoms with van der Waals surface area (Å²) in [6, 6.07) is 15.8. The number of hydrogen-bond acceptors (Lipinski definition) is 2. The van der Waals surface area contributed by atoms with Crippen LogP contribution in [-0.4, -0.2) is 4.99 Å². The van der Waals surface area contributed by atoms with Crippen LogP contribution in [-0.2, 0) is 5.41 Å². The number of para-hydroxylation sites is 1. The third kappa shape index (κ3) is 5.17. The van der Waals surface area contributed by atoms with Gasteiger partial charge in [-0.25, -0.2) is 4.39 Å². The van der Waals surface area contributed by atoms with Crippen molar-refractivity contribution in [1.29, 1.82) is 0 Å². The molecule has 3 nitrogen and oxygen atoms in total. The Morgan fingerprint density at radius 1 is 0.968 bits per heavy atom. The number of aryl methyl sites for hydroxylation is 2. The maximum absolute atomic E-state index is 14.2. The molecule has 1 N–H and O–H groups in total. The van der Waals surface area contributed by atoms with Crippen molar-refractivity contribution in [3.63, 3.8) is 0 Å². The zero-order valence-electron chi connectivity index (χ0n) is 18.5. The summed E-state index contributed by atoms with van der Waals surface area (Å²) in [4.78, 5) is 0.154. The molecule has 0 atom stereocenters. The number of rotatable bonds is 4. The molecular weight excluding hydrogens is 407 g/mol. The first-order chi connectivity index (χ1) is 14.6. The van der Waals surface area contributed by atoms with Crippen molar-refractivity contribution in [2.24, 2.45) is 0 Å². The molecule has 2 aromatic carbocycles. The van der Waals surface area contributed by atoms with E-state index in [0.29, 0.717) is 5.56 Å². The first-order valence-corrected chi connectivity index (χ1v) is 10.6. The van der Waals surface area contributed by atoms with Crippen molar-refractivity contribution in [3.05, 3.63) is 95.1 Å². The lowest BCUT2D eigenvalue weighted by Gasteiger charge is -2.20. The first kappa shape index (κ1) is 22.6. The first-order valence-electron chi connectivity index (χ1n) is 10.1. The summed E-state index contributed by atoms with van der Waals surface area (Å²) < 4.78 is 15.9. The molecule has 31 heavy (non-hydrogen) atoms. The zero-order chi connectivity index (χ0) is 22.8. The molecule has 0 amide bonds. The number of nitrogens with one attached hydrogen (secondary N) is 1. The molecule has 0 saturated carbocycles. The van der Waals surface area contributed by atoms with Gasteiger partial charge < -0.3 is 10.4 Å². The van der Waals surface area contributed by atoms with Gasteiger partial charge in [0.25, 0.3) is 0 Å². The molecule has 0 aliphatic rings. The third-order valence-corrected chi connectivity index (χ3v) is 5.57. The monoisotopic (exact) mass is 434 g/mol. The highest BCUT2D eigenvalue weighted by Gasteiger charge is 2.22. The highest BCUT2D eigenvalue weighted by atomic mass is 32.1. The van der Waals surface area contributed by atoms with Gasteiger partial charge in [-0.2, -0.15) is 4.57 Å². The van der Waals surface area contributed by atoms with Crippen LogP contribution in [0.25, 0.3) is 11.5 Å². The number of benzene rings is 2. The van der Waals surface area contributed by atoms with Crippen molar-refractivity contribution in [2.45, 2.75) is 40.0 Å². The predicted molar refractivity (Wildman–Crippen MR) is 127 cm³/mol. The van der Waals surface area contributed by atoms with E-state index in [4.69, 9.17) is 12.2 Å². The lowest BCUT2D eigenvalue weighted by atomic mass is 9.88. The molecule has 0 aliphatic heterocycles. The van der Waals surface area contributed by atoms with Crippen LogP contribution in [0, 0.1) is 19.7 Å². The summed E-state index contributed by atoms with van der Waals surface area (Å²) in [5.74, 6) is -0.665. The second-order valence-corrected chi connectivity index (χ2v) is 9.06. The van der Waals surface area contributed by atoms with E-state index in [0.717, 1.165) is 16.7 Å². The van der Waals surface area contributed by atoms with Gasteiger partial charge in [0, 0.05) is 12.1 Å². The van der Waals surface area contributed by atoms with Gasteiger partial charge in [0.2, 0.25) is 5.70 Å². The number of pyridine rings is 1. The third-order valence-electron chi connectivity index (χ3n) is 5.27. The topological polar surface area (TPSA) is 39.0 Å². The molecule has 1 heterocycles. The van der Waals surface area contributed by atoms with E-state index in [1.165, 1.54) is 6.07 Å². The molecule has 0 aliphatic carbocycles. The Hall–Kier alpha value is -3.05. The Kier molecular flexibility index (Phi) is 6.56. The van der Waals surface area contributed by atoms with Crippen LogP contribution in [0.15, 0.2) is 67.0 Å². The van der Waals surface area contributed by atoms with Crippen LogP contribution in [0.5, 0.6) is 0 Å². The van der Waals surface area contributed by atoms with E-state index in [1.54, 1.807) is 28.8 Å². The standard InChI is InChI=1S/C26H27FN2OS/c1-17-10-11-19(16-18(17)2)24(30)23(25(31)28-22-9-7-6-8-21(22)27)29-14-12-20(13-15-29)26(3,4)5/h6-16H,1-5H3,(H-,28,30,31). The average Bonchev–Trinajstić information content (AvgIpc) is 2.71. The molecule has 160 valence electrons. The summed E-state index contributed by atoms with van der Waals surface area (Å²) >= 11 is 5.58. The molecule has 0 fully saturated rings. The second kappa shape index (κ2) is 8.98. The number of thiocarbonyl (C=S) groups is 1. The molecule has 0 unspecified atom stereocenters. The molecule has 5 heteroatoms. The zero-order valence-corrected chi connectivity index (χ0v) is 19.3. The summed E-state index contributed by atoms with van der Waals surface area (Å²) in [5.41, 5.74) is 4.26. The van der Waals surface area contributed by atoms with Crippen LogP contribution >= 0.6 is 12.2 Å². The maximum Gasteiger partial charge on any atom is 0.238 e. The summed E-state index contributed by atoms with van der Waals surface area (Å²) in [5, 5.41) is 16.4. The van der Waals surface area contributed by atoms with E-state index >= 15 is 0 Å². The fraction of sp³-hybridized carbons (Fsp3) is 0.231. The Bertz CT molecular complexity index is 1140. The number of anilines is 1. The molecule has 3 rings (SSSR count). The lowest BCUT2D eigenvalue weighted by Crippen LogP contribution is -2.40. The minimum absolute atomic E-state index is 0.0245. The van der Waals surface area contributed by atoms with Crippen molar-refractivity contribution in [1.82, 2.24) is 0 Å². The highest BCUT2D eigenvalue weighted by Crippen LogP contribution is 2.23. The van der Waals surface area contributed by atoms with Gasteiger partial charge >= 0.3 is 0 Å². The second-order valence-electron chi connectivity index (χ2n) is 8.65. The molecule has 0 bridgehead atoms. The lowest BCUT2D eigenvalue weighted by molar-refractivity contribution is -0.577. The average molecular weight is 435 g/mol. The minimum Gasteiger partial charge on any atom is -0.867 e. The maximum atomic E-state index is 14.2. The largest absolute Gasteiger partial charge is 0.867 e. The Morgan fingerprint density at radius 3 is 2.19 bits per heavy atom. The van der Waals surface area contributed by atoms with Crippen LogP contribution < -0.4 is 15.0 Å². The van der Waals surface area contributed by atoms with Crippen molar-refractivity contribution in [2.75, 3.05) is 5.32 Å². The quantitative estimate of drug-likeness (QED) is 0.267. The van der Waals surface area contributed by atoms with Gasteiger partial charge in [-0.05, 0) is 59.4 Å². The molecular formula is C26H27FN2OS. The van der Waals surface area contributed by atoms with Gasteiger partial charge in [0.1, 0.15) is 5.82 Å². The van der Waals surface area contributed by atoms with Gasteiger partial charge in [-0.15, -0.1) is 0 Å². The summed E-state index contributed by atoms with van der Waals surface area (Å²) in [6.45, 7) is 10.3. The molecule has 1 aromatic heterocycles. The van der Waals surface area contributed by atoms with Crippen LogP contribution in [0.2, 0.25) is 0 Å². The van der Waals surface area contributed by atoms with Gasteiger partial charge in [-0.1, -0.05) is 63.3 Å². The van der Waals surface area contributed by atoms with E-state index in [-0.39, 0.29) is 27.5 Å². The van der Waals surface area contributed by atoms with E-state index in [2.05, 4.69) is 26.1 Å². The number of hydrogen-bond donors (Lipinski definition) is 1. The molecule has 3 aromatic rings. The van der Waals surface area contributed by atoms with Gasteiger partial charge in [-0.3, -0.25) is 0 Å². The normalized spacial score (nSPS) is 12.3. The smallest absolute Gasteiger partial charge is 0.238 e. The SMILES string of the molecule is Cc1ccc(C([O-])=C(C(=S)Nc2ccccc2F)[n+]2ccc(C(C)(C)C)cc2)cc1C. The van der Waals surface area contributed by atoms with Crippen LogP contribution in [0.4, 0.5) is 10.1 Å². The molecule has 0 spiro atoms. The van der Waals surface area contributed by atoms with Crippen molar-refractivity contribution < 1.29 is 14.1 Å². The van der Waals surface area contributed by atoms with Crippen molar-refractivity contribution >= 4 is 34.3 Å².